The third kappa shape index (κ3) is 2.98. The molecule has 0 bridgehead atoms. The third-order valence-corrected chi connectivity index (χ3v) is 5.19. The van der Waals surface area contributed by atoms with Crippen molar-refractivity contribution >= 4 is 5.91 Å². The fraction of sp³-hybridized carbons (Fsp3) is 0.611. The molecule has 21 heavy (non-hydrogen) atoms. The molecule has 3 rings (SSSR count). The molecule has 0 aromatic heterocycles. The van der Waals surface area contributed by atoms with Gasteiger partial charge in [0, 0.05) is 18.2 Å². The number of aryl methyl sites for hydroxylation is 2. The van der Waals surface area contributed by atoms with Gasteiger partial charge in [-0.05, 0) is 81.8 Å². The predicted octanol–water partition coefficient (Wildman–Crippen LogP) is 2.91. The number of benzene rings is 1. The SMILES string of the molecule is Cc1ccc(C(=O)N2CCCC2C2CCCNC2)cc1C. The molecule has 0 spiro atoms. The van der Waals surface area contributed by atoms with Crippen molar-refractivity contribution < 1.29 is 4.79 Å². The van der Waals surface area contributed by atoms with Gasteiger partial charge in [0.25, 0.3) is 5.91 Å². The molecule has 0 radical (unpaired) electrons. The van der Waals surface area contributed by atoms with Crippen LogP contribution in [0.1, 0.15) is 47.2 Å². The zero-order valence-corrected chi connectivity index (χ0v) is 13.2. The van der Waals surface area contributed by atoms with Crippen LogP contribution < -0.4 is 5.32 Å². The van der Waals surface area contributed by atoms with Gasteiger partial charge in [-0.15, -0.1) is 0 Å². The second-order valence-corrected chi connectivity index (χ2v) is 6.61. The number of hydrogen-bond donors (Lipinski definition) is 1. The fourth-order valence-electron chi connectivity index (χ4n) is 3.78. The Hall–Kier alpha value is -1.35. The molecule has 2 aliphatic rings. The second-order valence-electron chi connectivity index (χ2n) is 6.61. The Kier molecular flexibility index (Phi) is 4.29. The third-order valence-electron chi connectivity index (χ3n) is 5.19. The smallest absolute Gasteiger partial charge is 0.254 e. The molecule has 0 saturated carbocycles. The van der Waals surface area contributed by atoms with E-state index in [4.69, 9.17) is 0 Å². The number of carbonyl (C=O) groups excluding carboxylic acids is 1. The summed E-state index contributed by atoms with van der Waals surface area (Å²) in [4.78, 5) is 15.0. The van der Waals surface area contributed by atoms with Gasteiger partial charge in [0.15, 0.2) is 0 Å². The van der Waals surface area contributed by atoms with Crippen LogP contribution in [-0.2, 0) is 0 Å². The van der Waals surface area contributed by atoms with E-state index in [9.17, 15) is 4.79 Å². The van der Waals surface area contributed by atoms with Gasteiger partial charge < -0.3 is 10.2 Å². The summed E-state index contributed by atoms with van der Waals surface area (Å²) in [6.07, 6.45) is 4.82. The molecular formula is C18H26N2O. The van der Waals surface area contributed by atoms with Crippen LogP contribution in [0.4, 0.5) is 0 Å². The Morgan fingerprint density at radius 2 is 2.05 bits per heavy atom. The molecule has 2 saturated heterocycles. The summed E-state index contributed by atoms with van der Waals surface area (Å²) in [5.41, 5.74) is 3.31. The topological polar surface area (TPSA) is 32.3 Å². The van der Waals surface area contributed by atoms with Gasteiger partial charge in [0.1, 0.15) is 0 Å². The molecule has 1 amide bonds. The van der Waals surface area contributed by atoms with Crippen molar-refractivity contribution in [2.24, 2.45) is 5.92 Å². The summed E-state index contributed by atoms with van der Waals surface area (Å²) >= 11 is 0. The van der Waals surface area contributed by atoms with Crippen LogP contribution >= 0.6 is 0 Å². The molecule has 2 atom stereocenters. The number of likely N-dealkylation sites (tertiary alicyclic amines) is 1. The molecule has 0 aliphatic carbocycles. The number of carbonyl (C=O) groups is 1. The quantitative estimate of drug-likeness (QED) is 0.906. The normalized spacial score (nSPS) is 26.1. The van der Waals surface area contributed by atoms with Crippen LogP contribution in [-0.4, -0.2) is 36.5 Å². The van der Waals surface area contributed by atoms with E-state index in [0.29, 0.717) is 12.0 Å². The number of hydrogen-bond acceptors (Lipinski definition) is 2. The standard InChI is InChI=1S/C18H26N2O/c1-13-7-8-15(11-14(13)2)18(21)20-10-4-6-17(20)16-5-3-9-19-12-16/h7-8,11,16-17,19H,3-6,9-10,12H2,1-2H3. The minimum Gasteiger partial charge on any atom is -0.335 e. The minimum atomic E-state index is 0.228. The lowest BCUT2D eigenvalue weighted by Gasteiger charge is -2.34. The number of amides is 1. The first kappa shape index (κ1) is 14.6. The maximum absolute atomic E-state index is 12.9. The second kappa shape index (κ2) is 6.18. The summed E-state index contributed by atoms with van der Waals surface area (Å²) in [7, 11) is 0. The van der Waals surface area contributed by atoms with Crippen LogP contribution in [0.15, 0.2) is 18.2 Å². The molecule has 2 fully saturated rings. The summed E-state index contributed by atoms with van der Waals surface area (Å²) in [5.74, 6) is 0.864. The molecule has 2 unspecified atom stereocenters. The van der Waals surface area contributed by atoms with Crippen molar-refractivity contribution in [1.82, 2.24) is 10.2 Å². The Morgan fingerprint density at radius 1 is 1.19 bits per heavy atom. The van der Waals surface area contributed by atoms with Crippen molar-refractivity contribution in [3.63, 3.8) is 0 Å². The summed E-state index contributed by atoms with van der Waals surface area (Å²) in [6.45, 7) is 7.30. The van der Waals surface area contributed by atoms with Crippen LogP contribution in [0.2, 0.25) is 0 Å². The molecule has 3 nitrogen and oxygen atoms in total. The lowest BCUT2D eigenvalue weighted by atomic mass is 9.90. The van der Waals surface area contributed by atoms with E-state index in [1.54, 1.807) is 0 Å². The highest BCUT2D eigenvalue weighted by Crippen LogP contribution is 2.29. The average Bonchev–Trinajstić information content (AvgIpc) is 2.99. The predicted molar refractivity (Wildman–Crippen MR) is 85.6 cm³/mol. The zero-order valence-electron chi connectivity index (χ0n) is 13.2. The molecule has 2 heterocycles. The number of piperidine rings is 1. The van der Waals surface area contributed by atoms with Crippen LogP contribution in [0.3, 0.4) is 0 Å². The largest absolute Gasteiger partial charge is 0.335 e. The van der Waals surface area contributed by atoms with Gasteiger partial charge in [-0.1, -0.05) is 6.07 Å². The van der Waals surface area contributed by atoms with Crippen molar-refractivity contribution in [1.29, 1.82) is 0 Å². The summed E-state index contributed by atoms with van der Waals surface area (Å²) < 4.78 is 0. The van der Waals surface area contributed by atoms with E-state index in [2.05, 4.69) is 30.1 Å². The molecule has 2 aliphatic heterocycles. The Morgan fingerprint density at radius 3 is 2.76 bits per heavy atom. The van der Waals surface area contributed by atoms with Gasteiger partial charge in [-0.2, -0.15) is 0 Å². The first-order valence-electron chi connectivity index (χ1n) is 8.26. The summed E-state index contributed by atoms with van der Waals surface area (Å²) in [5, 5.41) is 3.49. The molecule has 3 heteroatoms. The zero-order chi connectivity index (χ0) is 14.8. The van der Waals surface area contributed by atoms with E-state index >= 15 is 0 Å². The highest BCUT2D eigenvalue weighted by atomic mass is 16.2. The van der Waals surface area contributed by atoms with E-state index in [-0.39, 0.29) is 5.91 Å². The number of nitrogens with zero attached hydrogens (tertiary/aromatic N) is 1. The lowest BCUT2D eigenvalue weighted by Crippen LogP contribution is -2.45. The monoisotopic (exact) mass is 286 g/mol. The number of nitrogens with one attached hydrogen (secondary N) is 1. The van der Waals surface area contributed by atoms with Crippen LogP contribution in [0.5, 0.6) is 0 Å². The van der Waals surface area contributed by atoms with Crippen LogP contribution in [0.25, 0.3) is 0 Å². The first-order valence-corrected chi connectivity index (χ1v) is 8.26. The number of rotatable bonds is 2. The molecule has 1 aromatic rings. The lowest BCUT2D eigenvalue weighted by molar-refractivity contribution is 0.0670. The van der Waals surface area contributed by atoms with Gasteiger partial charge in [-0.3, -0.25) is 4.79 Å². The van der Waals surface area contributed by atoms with E-state index in [0.717, 1.165) is 31.6 Å². The van der Waals surface area contributed by atoms with Gasteiger partial charge in [0.05, 0.1) is 0 Å². The Bertz CT molecular complexity index is 520. The molecular weight excluding hydrogens is 260 g/mol. The van der Waals surface area contributed by atoms with Crippen molar-refractivity contribution in [3.8, 4) is 0 Å². The maximum Gasteiger partial charge on any atom is 0.254 e. The highest BCUT2D eigenvalue weighted by Gasteiger charge is 2.35. The molecule has 1 N–H and O–H groups in total. The van der Waals surface area contributed by atoms with E-state index < -0.39 is 0 Å². The molecule has 1 aromatic carbocycles. The minimum absolute atomic E-state index is 0.228. The van der Waals surface area contributed by atoms with Gasteiger partial charge >= 0.3 is 0 Å². The average molecular weight is 286 g/mol. The highest BCUT2D eigenvalue weighted by molar-refractivity contribution is 5.95. The van der Waals surface area contributed by atoms with Crippen molar-refractivity contribution in [2.75, 3.05) is 19.6 Å². The fourth-order valence-corrected chi connectivity index (χ4v) is 3.78. The van der Waals surface area contributed by atoms with Crippen molar-refractivity contribution in [3.05, 3.63) is 34.9 Å². The Labute approximate surface area is 127 Å². The van der Waals surface area contributed by atoms with Gasteiger partial charge in [-0.25, -0.2) is 0 Å². The summed E-state index contributed by atoms with van der Waals surface area (Å²) in [6, 6.07) is 6.54. The van der Waals surface area contributed by atoms with Crippen LogP contribution in [0, 0.1) is 19.8 Å². The van der Waals surface area contributed by atoms with Gasteiger partial charge in [0.2, 0.25) is 0 Å². The van der Waals surface area contributed by atoms with E-state index in [1.165, 1.54) is 30.4 Å². The maximum atomic E-state index is 12.9. The first-order chi connectivity index (χ1) is 10.2. The van der Waals surface area contributed by atoms with Crippen molar-refractivity contribution in [2.45, 2.75) is 45.6 Å². The van der Waals surface area contributed by atoms with E-state index in [1.807, 2.05) is 12.1 Å². The molecule has 114 valence electrons. The Balaban J connectivity index is 1.77.